The van der Waals surface area contributed by atoms with Gasteiger partial charge in [-0.3, -0.25) is 4.79 Å². The molecule has 1 saturated carbocycles. The van der Waals surface area contributed by atoms with Crippen LogP contribution in [0, 0.1) is 5.41 Å². The first kappa shape index (κ1) is 21.3. The summed E-state index contributed by atoms with van der Waals surface area (Å²) in [6.07, 6.45) is -1.02. The van der Waals surface area contributed by atoms with Crippen LogP contribution in [0.2, 0.25) is 0 Å². The van der Waals surface area contributed by atoms with Crippen molar-refractivity contribution in [3.8, 4) is 5.75 Å². The zero-order valence-corrected chi connectivity index (χ0v) is 16.7. The van der Waals surface area contributed by atoms with Gasteiger partial charge in [0.1, 0.15) is 5.75 Å². The molecule has 0 bridgehead atoms. The van der Waals surface area contributed by atoms with Crippen LogP contribution < -0.4 is 9.64 Å². The van der Waals surface area contributed by atoms with Gasteiger partial charge in [0.05, 0.1) is 11.0 Å². The lowest BCUT2D eigenvalue weighted by molar-refractivity contribution is -0.153. The molecule has 1 saturated heterocycles. The van der Waals surface area contributed by atoms with Crippen LogP contribution in [0.4, 0.5) is 18.9 Å². The third kappa shape index (κ3) is 4.76. The van der Waals surface area contributed by atoms with Crippen molar-refractivity contribution in [3.05, 3.63) is 24.3 Å². The molecule has 1 amide bonds. The Morgan fingerprint density at radius 3 is 2.36 bits per heavy atom. The van der Waals surface area contributed by atoms with Gasteiger partial charge in [-0.05, 0) is 62.1 Å². The van der Waals surface area contributed by atoms with Crippen molar-refractivity contribution >= 4 is 23.4 Å². The highest BCUT2D eigenvalue weighted by molar-refractivity contribution is 7.99. The van der Waals surface area contributed by atoms with Crippen LogP contribution in [-0.2, 0) is 4.79 Å². The van der Waals surface area contributed by atoms with Crippen molar-refractivity contribution in [1.29, 1.82) is 0 Å². The second-order valence-corrected chi connectivity index (χ2v) is 9.02. The molecule has 156 valence electrons. The summed E-state index contributed by atoms with van der Waals surface area (Å²) in [5, 5.41) is 10.7. The van der Waals surface area contributed by atoms with E-state index >= 15 is 0 Å². The molecule has 1 aromatic carbocycles. The first-order valence-electron chi connectivity index (χ1n) is 9.58. The van der Waals surface area contributed by atoms with Crippen LogP contribution in [0.15, 0.2) is 24.3 Å². The smallest absolute Gasteiger partial charge is 0.422 e. The first-order valence-corrected chi connectivity index (χ1v) is 10.7. The Labute approximate surface area is 167 Å². The van der Waals surface area contributed by atoms with E-state index in [1.54, 1.807) is 28.8 Å². The molecule has 0 radical (unpaired) electrons. The maximum absolute atomic E-state index is 13.1. The van der Waals surface area contributed by atoms with Crippen LogP contribution in [0.5, 0.6) is 5.75 Å². The average Bonchev–Trinajstić information content (AvgIpc) is 2.98. The number of carbonyl (C=O) groups excluding carboxylic acids is 1. The van der Waals surface area contributed by atoms with Gasteiger partial charge in [-0.25, -0.2) is 0 Å². The molecule has 28 heavy (non-hydrogen) atoms. The number of benzene rings is 1. The SMILES string of the molecule is CCSC[C@]1(O)CC[C@@]2(CCN(c3ccc(OCC(F)(F)F)cc3)C2=O)CC1. The molecule has 1 N–H and O–H groups in total. The van der Waals surface area contributed by atoms with Crippen LogP contribution in [-0.4, -0.2) is 47.4 Å². The Bertz CT molecular complexity index is 685. The van der Waals surface area contributed by atoms with Crippen molar-refractivity contribution in [2.45, 2.75) is 50.8 Å². The molecule has 4 nitrogen and oxygen atoms in total. The number of anilines is 1. The van der Waals surface area contributed by atoms with E-state index in [0.717, 1.165) is 12.2 Å². The standard InChI is InChI=1S/C20H26F3NO3S/c1-2-28-14-19(26)9-7-18(8-10-19)11-12-24(17(18)25)15-3-5-16(6-4-15)27-13-20(21,22)23/h3-6,26H,2,7-14H2,1H3/t18-,19-. The maximum Gasteiger partial charge on any atom is 0.422 e. The van der Waals surface area contributed by atoms with Crippen molar-refractivity contribution in [2.24, 2.45) is 5.41 Å². The lowest BCUT2D eigenvalue weighted by atomic mass is 9.68. The summed E-state index contributed by atoms with van der Waals surface area (Å²) < 4.78 is 41.5. The largest absolute Gasteiger partial charge is 0.484 e. The molecule has 2 aliphatic rings. The minimum atomic E-state index is -4.38. The predicted molar refractivity (Wildman–Crippen MR) is 104 cm³/mol. The van der Waals surface area contributed by atoms with Gasteiger partial charge in [0.15, 0.2) is 6.61 Å². The van der Waals surface area contributed by atoms with Gasteiger partial charge < -0.3 is 14.7 Å². The summed E-state index contributed by atoms with van der Waals surface area (Å²) in [5.74, 6) is 1.85. The van der Waals surface area contributed by atoms with E-state index < -0.39 is 23.8 Å². The zero-order chi connectivity index (χ0) is 20.4. The summed E-state index contributed by atoms with van der Waals surface area (Å²) in [6, 6.07) is 6.17. The van der Waals surface area contributed by atoms with Crippen molar-refractivity contribution < 1.29 is 27.8 Å². The number of hydrogen-bond donors (Lipinski definition) is 1. The van der Waals surface area contributed by atoms with Gasteiger partial charge in [0.2, 0.25) is 5.91 Å². The van der Waals surface area contributed by atoms with Gasteiger partial charge >= 0.3 is 6.18 Å². The van der Waals surface area contributed by atoms with Gasteiger partial charge in [-0.15, -0.1) is 0 Å². The Morgan fingerprint density at radius 1 is 1.14 bits per heavy atom. The lowest BCUT2D eigenvalue weighted by Gasteiger charge is -2.40. The molecular weight excluding hydrogens is 391 g/mol. The predicted octanol–water partition coefficient (Wildman–Crippen LogP) is 4.41. The first-order chi connectivity index (χ1) is 13.2. The number of alkyl halides is 3. The minimum absolute atomic E-state index is 0.0571. The van der Waals surface area contributed by atoms with Crippen LogP contribution in [0.3, 0.4) is 0 Å². The molecule has 8 heteroatoms. The van der Waals surface area contributed by atoms with Gasteiger partial charge in [0.25, 0.3) is 0 Å². The molecule has 1 aliphatic heterocycles. The summed E-state index contributed by atoms with van der Waals surface area (Å²) in [7, 11) is 0. The normalized spacial score (nSPS) is 28.2. The van der Waals surface area contributed by atoms with Crippen molar-refractivity contribution in [3.63, 3.8) is 0 Å². The molecule has 1 heterocycles. The van der Waals surface area contributed by atoms with E-state index in [9.17, 15) is 23.1 Å². The second-order valence-electron chi connectivity index (χ2n) is 7.75. The average molecular weight is 417 g/mol. The summed E-state index contributed by atoms with van der Waals surface area (Å²) in [4.78, 5) is 14.8. The summed E-state index contributed by atoms with van der Waals surface area (Å²) in [5.41, 5.74) is -0.435. The highest BCUT2D eigenvalue weighted by atomic mass is 32.2. The van der Waals surface area contributed by atoms with E-state index in [4.69, 9.17) is 4.74 Å². The van der Waals surface area contributed by atoms with Gasteiger partial charge in [0, 0.05) is 18.0 Å². The Morgan fingerprint density at radius 2 is 1.79 bits per heavy atom. The summed E-state index contributed by atoms with van der Waals surface area (Å²) in [6.45, 7) is 1.32. The molecule has 1 aromatic rings. The van der Waals surface area contributed by atoms with E-state index in [1.807, 2.05) is 0 Å². The third-order valence-corrected chi connectivity index (χ3v) is 6.93. The minimum Gasteiger partial charge on any atom is -0.484 e. The fraction of sp³-hybridized carbons (Fsp3) is 0.650. The maximum atomic E-state index is 13.1. The molecule has 0 atom stereocenters. The number of hydrogen-bond acceptors (Lipinski definition) is 4. The van der Waals surface area contributed by atoms with E-state index in [-0.39, 0.29) is 11.7 Å². The van der Waals surface area contributed by atoms with Gasteiger partial charge in [-0.2, -0.15) is 24.9 Å². The van der Waals surface area contributed by atoms with E-state index in [0.29, 0.717) is 43.7 Å². The number of carbonyl (C=O) groups is 1. The van der Waals surface area contributed by atoms with E-state index in [1.165, 1.54) is 12.1 Å². The second kappa shape index (κ2) is 8.14. The number of rotatable bonds is 6. The lowest BCUT2D eigenvalue weighted by Crippen LogP contribution is -2.44. The number of halogens is 3. The highest BCUT2D eigenvalue weighted by Crippen LogP contribution is 2.49. The third-order valence-electron chi connectivity index (χ3n) is 5.78. The van der Waals surface area contributed by atoms with Gasteiger partial charge in [-0.1, -0.05) is 6.92 Å². The monoisotopic (exact) mass is 417 g/mol. The molecule has 3 rings (SSSR count). The molecule has 2 fully saturated rings. The summed E-state index contributed by atoms with van der Waals surface area (Å²) >= 11 is 1.72. The van der Waals surface area contributed by atoms with Crippen LogP contribution in [0.25, 0.3) is 0 Å². The quantitative estimate of drug-likeness (QED) is 0.745. The number of nitrogens with zero attached hydrogens (tertiary/aromatic N) is 1. The number of ether oxygens (including phenoxy) is 1. The fourth-order valence-corrected chi connectivity index (χ4v) is 4.92. The topological polar surface area (TPSA) is 49.8 Å². The van der Waals surface area contributed by atoms with E-state index in [2.05, 4.69) is 6.92 Å². The van der Waals surface area contributed by atoms with Crippen molar-refractivity contribution in [2.75, 3.05) is 29.6 Å². The number of amides is 1. The molecule has 1 spiro atoms. The number of thioether (sulfide) groups is 1. The zero-order valence-electron chi connectivity index (χ0n) is 15.9. The molecule has 1 aliphatic carbocycles. The number of aliphatic hydroxyl groups is 1. The highest BCUT2D eigenvalue weighted by Gasteiger charge is 2.51. The van der Waals surface area contributed by atoms with Crippen LogP contribution in [0.1, 0.15) is 39.0 Å². The Balaban J connectivity index is 1.61. The molecule has 0 aromatic heterocycles. The Hall–Kier alpha value is -1.41. The van der Waals surface area contributed by atoms with Crippen molar-refractivity contribution in [1.82, 2.24) is 0 Å². The fourth-order valence-electron chi connectivity index (χ4n) is 4.05. The molecular formula is C20H26F3NO3S. The van der Waals surface area contributed by atoms with Crippen LogP contribution >= 0.6 is 11.8 Å². The molecule has 0 unspecified atom stereocenters. The Kier molecular flexibility index (Phi) is 6.20.